The van der Waals surface area contributed by atoms with Gasteiger partial charge in [-0.25, -0.2) is 0 Å². The van der Waals surface area contributed by atoms with Crippen molar-refractivity contribution in [3.63, 3.8) is 0 Å². The van der Waals surface area contributed by atoms with E-state index in [4.69, 9.17) is 5.26 Å². The predicted octanol–water partition coefficient (Wildman–Crippen LogP) is 4.86. The Bertz CT molecular complexity index is 1110. The minimum Gasteiger partial charge on any atom is -0.373 e. The SMILES string of the molecule is CC(C)(C#N)c1ccc(NCC#Cc2cc3ccccc3n2CC(F)(F)F)cn1. The number of halogens is 3. The topological polar surface area (TPSA) is 53.6 Å². The maximum absolute atomic E-state index is 13.0. The Balaban J connectivity index is 1.75. The van der Waals surface area contributed by atoms with E-state index in [1.807, 2.05) is 0 Å². The number of aromatic nitrogens is 2. The maximum atomic E-state index is 13.0. The molecule has 29 heavy (non-hydrogen) atoms. The van der Waals surface area contributed by atoms with E-state index in [1.165, 1.54) is 4.57 Å². The van der Waals surface area contributed by atoms with Crippen molar-refractivity contribution in [3.05, 3.63) is 60.0 Å². The standard InChI is InChI=1S/C22H19F3N4/c1-21(2,14-26)20-10-9-17(13-28-20)27-11-5-7-18-12-16-6-3-4-8-19(16)29(18)15-22(23,24)25/h3-4,6,8-10,12-13,27H,11,15H2,1-2H3. The van der Waals surface area contributed by atoms with Crippen molar-refractivity contribution in [1.82, 2.24) is 9.55 Å². The molecule has 0 bridgehead atoms. The molecule has 4 nitrogen and oxygen atoms in total. The van der Waals surface area contributed by atoms with Crippen molar-refractivity contribution in [3.8, 4) is 17.9 Å². The summed E-state index contributed by atoms with van der Waals surface area (Å²) in [6, 6.07) is 14.3. The quantitative estimate of drug-likeness (QED) is 0.641. The minimum absolute atomic E-state index is 0.246. The summed E-state index contributed by atoms with van der Waals surface area (Å²) in [6.07, 6.45) is -2.72. The van der Waals surface area contributed by atoms with Crippen molar-refractivity contribution in [2.75, 3.05) is 11.9 Å². The van der Waals surface area contributed by atoms with Crippen molar-refractivity contribution < 1.29 is 13.2 Å². The van der Waals surface area contributed by atoms with Crippen LogP contribution in [0.2, 0.25) is 0 Å². The Morgan fingerprint density at radius 1 is 1.14 bits per heavy atom. The van der Waals surface area contributed by atoms with Crippen LogP contribution in [-0.2, 0) is 12.0 Å². The van der Waals surface area contributed by atoms with Gasteiger partial charge in [-0.2, -0.15) is 18.4 Å². The number of pyridine rings is 1. The van der Waals surface area contributed by atoms with E-state index in [2.05, 4.69) is 28.2 Å². The Morgan fingerprint density at radius 3 is 2.55 bits per heavy atom. The third-order valence-corrected chi connectivity index (χ3v) is 4.43. The van der Waals surface area contributed by atoms with Crippen molar-refractivity contribution >= 4 is 16.6 Å². The maximum Gasteiger partial charge on any atom is 0.406 e. The van der Waals surface area contributed by atoms with Crippen LogP contribution in [0, 0.1) is 23.2 Å². The molecule has 0 atom stereocenters. The van der Waals surface area contributed by atoms with Crippen LogP contribution in [0.3, 0.4) is 0 Å². The summed E-state index contributed by atoms with van der Waals surface area (Å²) in [5.74, 6) is 5.69. The van der Waals surface area contributed by atoms with Gasteiger partial charge in [0.2, 0.25) is 0 Å². The summed E-state index contributed by atoms with van der Waals surface area (Å²) in [6.45, 7) is 2.73. The Hall–Kier alpha value is -3.45. The van der Waals surface area contributed by atoms with Crippen LogP contribution in [-0.4, -0.2) is 22.3 Å². The molecule has 0 aliphatic heterocycles. The number of alkyl halides is 3. The highest BCUT2D eigenvalue weighted by Crippen LogP contribution is 2.25. The Morgan fingerprint density at radius 2 is 1.90 bits per heavy atom. The van der Waals surface area contributed by atoms with Gasteiger partial charge in [-0.3, -0.25) is 4.98 Å². The number of nitriles is 1. The first-order chi connectivity index (χ1) is 13.7. The number of rotatable bonds is 4. The molecular weight excluding hydrogens is 377 g/mol. The van der Waals surface area contributed by atoms with Crippen LogP contribution in [0.1, 0.15) is 25.2 Å². The van der Waals surface area contributed by atoms with Gasteiger partial charge in [0.1, 0.15) is 6.54 Å². The smallest absolute Gasteiger partial charge is 0.373 e. The number of fused-ring (bicyclic) bond motifs is 1. The fourth-order valence-electron chi connectivity index (χ4n) is 2.87. The van der Waals surface area contributed by atoms with Gasteiger partial charge in [0, 0.05) is 10.9 Å². The molecule has 0 aliphatic rings. The third-order valence-electron chi connectivity index (χ3n) is 4.43. The predicted molar refractivity (Wildman–Crippen MR) is 106 cm³/mol. The second-order valence-corrected chi connectivity index (χ2v) is 7.11. The molecule has 1 N–H and O–H groups in total. The van der Waals surface area contributed by atoms with Crippen LogP contribution < -0.4 is 5.32 Å². The van der Waals surface area contributed by atoms with Gasteiger partial charge in [-0.1, -0.05) is 24.1 Å². The fraction of sp³-hybridized carbons (Fsp3) is 0.273. The molecule has 0 unspecified atom stereocenters. The zero-order chi connectivity index (χ0) is 21.1. The van der Waals surface area contributed by atoms with Crippen molar-refractivity contribution in [2.24, 2.45) is 0 Å². The van der Waals surface area contributed by atoms with Crippen LogP contribution in [0.5, 0.6) is 0 Å². The van der Waals surface area contributed by atoms with Crippen LogP contribution in [0.15, 0.2) is 48.7 Å². The number of benzene rings is 1. The summed E-state index contributed by atoms with van der Waals surface area (Å²) in [5.41, 5.74) is 1.52. The first-order valence-electron chi connectivity index (χ1n) is 8.95. The number of nitrogens with one attached hydrogen (secondary N) is 1. The summed E-state index contributed by atoms with van der Waals surface area (Å²) >= 11 is 0. The van der Waals surface area contributed by atoms with Gasteiger partial charge < -0.3 is 9.88 Å². The number of hydrogen-bond donors (Lipinski definition) is 1. The van der Waals surface area contributed by atoms with E-state index in [0.29, 0.717) is 28.0 Å². The van der Waals surface area contributed by atoms with E-state index in [0.717, 1.165) is 0 Å². The molecule has 148 valence electrons. The summed E-state index contributed by atoms with van der Waals surface area (Å²) in [5, 5.41) is 12.9. The zero-order valence-electron chi connectivity index (χ0n) is 16.0. The highest BCUT2D eigenvalue weighted by molar-refractivity contribution is 5.82. The summed E-state index contributed by atoms with van der Waals surface area (Å²) < 4.78 is 40.1. The lowest BCUT2D eigenvalue weighted by Gasteiger charge is -2.14. The van der Waals surface area contributed by atoms with Gasteiger partial charge in [0.25, 0.3) is 0 Å². The van der Waals surface area contributed by atoms with Crippen LogP contribution in [0.4, 0.5) is 18.9 Å². The van der Waals surface area contributed by atoms with E-state index in [1.54, 1.807) is 62.5 Å². The first-order valence-corrected chi connectivity index (χ1v) is 8.95. The van der Waals surface area contributed by atoms with E-state index < -0.39 is 18.1 Å². The van der Waals surface area contributed by atoms with Gasteiger partial charge in [0.15, 0.2) is 0 Å². The molecule has 0 saturated heterocycles. The molecule has 0 aliphatic carbocycles. The second kappa shape index (κ2) is 7.89. The molecule has 1 aromatic carbocycles. The first kappa shape index (κ1) is 20.3. The van der Waals surface area contributed by atoms with E-state index >= 15 is 0 Å². The number of anilines is 1. The summed E-state index contributed by atoms with van der Waals surface area (Å²) in [4.78, 5) is 4.28. The van der Waals surface area contributed by atoms with Crippen LogP contribution in [0.25, 0.3) is 10.9 Å². The molecule has 2 heterocycles. The minimum atomic E-state index is -4.33. The van der Waals surface area contributed by atoms with Crippen LogP contribution >= 0.6 is 0 Å². The molecule has 0 saturated carbocycles. The van der Waals surface area contributed by atoms with E-state index in [9.17, 15) is 13.2 Å². The lowest BCUT2D eigenvalue weighted by molar-refractivity contribution is -0.140. The van der Waals surface area contributed by atoms with Gasteiger partial charge in [-0.05, 0) is 44.0 Å². The lowest BCUT2D eigenvalue weighted by atomic mass is 9.91. The summed E-state index contributed by atoms with van der Waals surface area (Å²) in [7, 11) is 0. The highest BCUT2D eigenvalue weighted by Gasteiger charge is 2.29. The highest BCUT2D eigenvalue weighted by atomic mass is 19.4. The molecular formula is C22H19F3N4. The third kappa shape index (κ3) is 4.89. The lowest BCUT2D eigenvalue weighted by Crippen LogP contribution is -2.18. The molecule has 0 fully saturated rings. The largest absolute Gasteiger partial charge is 0.406 e. The molecule has 0 amide bonds. The molecule has 2 aromatic heterocycles. The Kier molecular flexibility index (Phi) is 5.52. The number of hydrogen-bond acceptors (Lipinski definition) is 3. The molecule has 3 rings (SSSR count). The van der Waals surface area contributed by atoms with Gasteiger partial charge in [0.05, 0.1) is 41.3 Å². The fourth-order valence-corrected chi connectivity index (χ4v) is 2.87. The monoisotopic (exact) mass is 396 g/mol. The van der Waals surface area contributed by atoms with Gasteiger partial charge in [-0.15, -0.1) is 0 Å². The zero-order valence-corrected chi connectivity index (χ0v) is 16.0. The number of para-hydroxylation sites is 1. The molecule has 0 radical (unpaired) electrons. The average molecular weight is 396 g/mol. The van der Waals surface area contributed by atoms with Crippen molar-refractivity contribution in [1.29, 1.82) is 5.26 Å². The van der Waals surface area contributed by atoms with Crippen molar-refractivity contribution in [2.45, 2.75) is 32.0 Å². The second-order valence-electron chi connectivity index (χ2n) is 7.11. The molecule has 7 heteroatoms. The molecule has 3 aromatic rings. The van der Waals surface area contributed by atoms with Gasteiger partial charge >= 0.3 is 6.18 Å². The molecule has 0 spiro atoms. The normalized spacial score (nSPS) is 11.6. The average Bonchev–Trinajstić information content (AvgIpc) is 3.01. The Labute approximate surface area is 167 Å². The number of nitrogens with zero attached hydrogens (tertiary/aromatic N) is 3. The van der Waals surface area contributed by atoms with E-state index in [-0.39, 0.29) is 6.54 Å².